The lowest BCUT2D eigenvalue weighted by atomic mass is 10.1. The minimum Gasteiger partial charge on any atom is -0.497 e. The van der Waals surface area contributed by atoms with Gasteiger partial charge in [-0.3, -0.25) is 4.79 Å². The predicted molar refractivity (Wildman–Crippen MR) is 107 cm³/mol. The summed E-state index contributed by atoms with van der Waals surface area (Å²) in [4.78, 5) is 16.8. The lowest BCUT2D eigenvalue weighted by molar-refractivity contribution is 0.0951. The minimum atomic E-state index is -0.131. The molecular formula is C22H20N4O2. The van der Waals surface area contributed by atoms with Crippen LogP contribution in [0.15, 0.2) is 85.7 Å². The second kappa shape index (κ2) is 7.84. The molecule has 4 rings (SSSR count). The van der Waals surface area contributed by atoms with Crippen molar-refractivity contribution in [2.75, 3.05) is 7.11 Å². The molecule has 28 heavy (non-hydrogen) atoms. The average Bonchev–Trinajstić information content (AvgIpc) is 3.46. The Labute approximate surface area is 163 Å². The first-order valence-electron chi connectivity index (χ1n) is 8.91. The van der Waals surface area contributed by atoms with Gasteiger partial charge in [-0.2, -0.15) is 0 Å². The van der Waals surface area contributed by atoms with Crippen molar-refractivity contribution in [2.45, 2.75) is 6.54 Å². The van der Waals surface area contributed by atoms with Gasteiger partial charge in [-0.25, -0.2) is 4.98 Å². The topological polar surface area (TPSA) is 61.1 Å². The Morgan fingerprint density at radius 2 is 1.86 bits per heavy atom. The van der Waals surface area contributed by atoms with Crippen LogP contribution in [-0.4, -0.2) is 27.1 Å². The maximum atomic E-state index is 12.7. The standard InChI is InChI=1S/C22H20N4O2/c1-28-19-6-4-5-17(13-19)15-24-22(27)18-7-8-20(26-12-9-23-16-26)21(14-18)25-10-2-3-11-25/h2-14,16H,15H2,1H3,(H,24,27). The summed E-state index contributed by atoms with van der Waals surface area (Å²) in [6, 6.07) is 17.2. The SMILES string of the molecule is COc1cccc(CNC(=O)c2ccc(-n3ccnc3)c(-n3cccc3)c2)c1. The highest BCUT2D eigenvalue weighted by molar-refractivity contribution is 5.95. The van der Waals surface area contributed by atoms with E-state index in [1.54, 1.807) is 19.6 Å². The Balaban J connectivity index is 1.59. The van der Waals surface area contributed by atoms with Gasteiger partial charge in [-0.15, -0.1) is 0 Å². The number of amides is 1. The molecule has 0 fully saturated rings. The second-order valence-corrected chi connectivity index (χ2v) is 6.30. The zero-order chi connectivity index (χ0) is 19.3. The molecule has 1 amide bonds. The van der Waals surface area contributed by atoms with E-state index in [9.17, 15) is 4.79 Å². The Morgan fingerprint density at radius 1 is 1.00 bits per heavy atom. The maximum absolute atomic E-state index is 12.7. The number of ether oxygens (including phenoxy) is 1. The van der Waals surface area contributed by atoms with Crippen LogP contribution in [0.3, 0.4) is 0 Å². The molecule has 2 aromatic heterocycles. The molecule has 0 bridgehead atoms. The van der Waals surface area contributed by atoms with Gasteiger partial charge in [0.25, 0.3) is 5.91 Å². The van der Waals surface area contributed by atoms with Gasteiger partial charge >= 0.3 is 0 Å². The van der Waals surface area contributed by atoms with Crippen LogP contribution in [-0.2, 0) is 6.54 Å². The van der Waals surface area contributed by atoms with Crippen LogP contribution in [0, 0.1) is 0 Å². The van der Waals surface area contributed by atoms with Gasteiger partial charge in [-0.1, -0.05) is 12.1 Å². The second-order valence-electron chi connectivity index (χ2n) is 6.30. The van der Waals surface area contributed by atoms with Gasteiger partial charge in [-0.05, 0) is 48.0 Å². The van der Waals surface area contributed by atoms with Crippen molar-refractivity contribution >= 4 is 5.91 Å². The van der Waals surface area contributed by atoms with Crippen LogP contribution < -0.4 is 10.1 Å². The highest BCUT2D eigenvalue weighted by atomic mass is 16.5. The van der Waals surface area contributed by atoms with Crippen molar-refractivity contribution < 1.29 is 9.53 Å². The summed E-state index contributed by atoms with van der Waals surface area (Å²) in [5.41, 5.74) is 3.42. The largest absolute Gasteiger partial charge is 0.497 e. The molecule has 2 aromatic carbocycles. The molecular weight excluding hydrogens is 352 g/mol. The first-order chi connectivity index (χ1) is 13.7. The van der Waals surface area contributed by atoms with Gasteiger partial charge in [0.15, 0.2) is 0 Å². The van der Waals surface area contributed by atoms with Crippen molar-refractivity contribution in [1.82, 2.24) is 19.4 Å². The maximum Gasteiger partial charge on any atom is 0.251 e. The fraction of sp³-hybridized carbons (Fsp3) is 0.0909. The Kier molecular flexibility index (Phi) is 4.93. The quantitative estimate of drug-likeness (QED) is 0.563. The molecule has 0 aliphatic heterocycles. The summed E-state index contributed by atoms with van der Waals surface area (Å²) in [5.74, 6) is 0.639. The Hall–Kier alpha value is -3.80. The number of benzene rings is 2. The number of hydrogen-bond donors (Lipinski definition) is 1. The zero-order valence-electron chi connectivity index (χ0n) is 15.4. The number of carbonyl (C=O) groups is 1. The number of nitrogens with zero attached hydrogens (tertiary/aromatic N) is 3. The van der Waals surface area contributed by atoms with E-state index in [1.807, 2.05) is 82.3 Å². The molecule has 0 unspecified atom stereocenters. The van der Waals surface area contributed by atoms with Crippen molar-refractivity contribution in [3.8, 4) is 17.1 Å². The molecule has 0 saturated carbocycles. The molecule has 6 nitrogen and oxygen atoms in total. The number of hydrogen-bond acceptors (Lipinski definition) is 3. The van der Waals surface area contributed by atoms with Crippen LogP contribution in [0.2, 0.25) is 0 Å². The Morgan fingerprint density at radius 3 is 2.61 bits per heavy atom. The number of methoxy groups -OCH3 is 1. The number of nitrogens with one attached hydrogen (secondary N) is 1. The third kappa shape index (κ3) is 3.66. The van der Waals surface area contributed by atoms with E-state index >= 15 is 0 Å². The van der Waals surface area contributed by atoms with Gasteiger partial charge in [0.1, 0.15) is 5.75 Å². The molecule has 1 N–H and O–H groups in total. The number of rotatable bonds is 6. The molecule has 0 spiro atoms. The lowest BCUT2D eigenvalue weighted by Gasteiger charge is -2.14. The smallest absolute Gasteiger partial charge is 0.251 e. The number of imidazole rings is 1. The Bertz CT molecular complexity index is 1070. The van der Waals surface area contributed by atoms with E-state index in [2.05, 4.69) is 10.3 Å². The summed E-state index contributed by atoms with van der Waals surface area (Å²) in [6.45, 7) is 0.429. The molecule has 0 radical (unpaired) electrons. The number of carbonyl (C=O) groups excluding carboxylic acids is 1. The minimum absolute atomic E-state index is 0.131. The van der Waals surface area contributed by atoms with Crippen LogP contribution in [0.5, 0.6) is 5.75 Å². The van der Waals surface area contributed by atoms with E-state index in [4.69, 9.17) is 4.74 Å². The van der Waals surface area contributed by atoms with Crippen LogP contribution >= 0.6 is 0 Å². The predicted octanol–water partition coefficient (Wildman–Crippen LogP) is 3.60. The van der Waals surface area contributed by atoms with Crippen LogP contribution in [0.1, 0.15) is 15.9 Å². The molecule has 6 heteroatoms. The van der Waals surface area contributed by atoms with Crippen molar-refractivity contribution in [3.05, 3.63) is 96.8 Å². The van der Waals surface area contributed by atoms with Gasteiger partial charge < -0.3 is 19.2 Å². The first kappa shape index (κ1) is 17.6. The molecule has 0 aliphatic rings. The monoisotopic (exact) mass is 372 g/mol. The molecule has 0 saturated heterocycles. The van der Waals surface area contributed by atoms with Gasteiger partial charge in [0.2, 0.25) is 0 Å². The van der Waals surface area contributed by atoms with Crippen molar-refractivity contribution in [2.24, 2.45) is 0 Å². The number of aromatic nitrogens is 3. The van der Waals surface area contributed by atoms with E-state index < -0.39 is 0 Å². The first-order valence-corrected chi connectivity index (χ1v) is 8.91. The van der Waals surface area contributed by atoms with Gasteiger partial charge in [0, 0.05) is 36.9 Å². The highest BCUT2D eigenvalue weighted by Gasteiger charge is 2.12. The molecule has 140 valence electrons. The van der Waals surface area contributed by atoms with Gasteiger partial charge in [0.05, 0.1) is 24.8 Å². The van der Waals surface area contributed by atoms with E-state index in [0.717, 1.165) is 22.7 Å². The highest BCUT2D eigenvalue weighted by Crippen LogP contribution is 2.21. The molecule has 2 heterocycles. The summed E-state index contributed by atoms with van der Waals surface area (Å²) >= 11 is 0. The average molecular weight is 372 g/mol. The van der Waals surface area contributed by atoms with Crippen molar-refractivity contribution in [3.63, 3.8) is 0 Å². The van der Waals surface area contributed by atoms with E-state index in [0.29, 0.717) is 12.1 Å². The summed E-state index contributed by atoms with van der Waals surface area (Å²) in [7, 11) is 1.63. The van der Waals surface area contributed by atoms with Crippen molar-refractivity contribution in [1.29, 1.82) is 0 Å². The fourth-order valence-corrected chi connectivity index (χ4v) is 3.05. The summed E-state index contributed by atoms with van der Waals surface area (Å²) in [5, 5.41) is 2.97. The van der Waals surface area contributed by atoms with E-state index in [-0.39, 0.29) is 5.91 Å². The summed E-state index contributed by atoms with van der Waals surface area (Å²) in [6.07, 6.45) is 9.26. The summed E-state index contributed by atoms with van der Waals surface area (Å²) < 4.78 is 9.13. The van der Waals surface area contributed by atoms with E-state index in [1.165, 1.54) is 0 Å². The third-order valence-electron chi connectivity index (χ3n) is 4.49. The fourth-order valence-electron chi connectivity index (χ4n) is 3.05. The normalized spacial score (nSPS) is 10.6. The molecule has 4 aromatic rings. The lowest BCUT2D eigenvalue weighted by Crippen LogP contribution is -2.23. The molecule has 0 aliphatic carbocycles. The van der Waals surface area contributed by atoms with Crippen LogP contribution in [0.25, 0.3) is 11.4 Å². The molecule has 0 atom stereocenters. The third-order valence-corrected chi connectivity index (χ3v) is 4.49. The van der Waals surface area contributed by atoms with Crippen LogP contribution in [0.4, 0.5) is 0 Å². The zero-order valence-corrected chi connectivity index (χ0v) is 15.4.